The lowest BCUT2D eigenvalue weighted by molar-refractivity contribution is 0.0248. The van der Waals surface area contributed by atoms with E-state index in [4.69, 9.17) is 4.74 Å². The molecule has 2 heterocycles. The van der Waals surface area contributed by atoms with Crippen LogP contribution in [0.15, 0.2) is 48.5 Å². The van der Waals surface area contributed by atoms with Gasteiger partial charge in [-0.25, -0.2) is 4.79 Å². The van der Waals surface area contributed by atoms with Crippen molar-refractivity contribution in [1.29, 1.82) is 0 Å². The first-order chi connectivity index (χ1) is 13.8. The van der Waals surface area contributed by atoms with Crippen molar-refractivity contribution < 1.29 is 9.53 Å². The van der Waals surface area contributed by atoms with Gasteiger partial charge in [-0.3, -0.25) is 0 Å². The smallest absolute Gasteiger partial charge is 0.410 e. The van der Waals surface area contributed by atoms with Gasteiger partial charge in [-0.05, 0) is 57.7 Å². The zero-order valence-electron chi connectivity index (χ0n) is 18.0. The number of carbonyl (C=O) groups excluding carboxylic acids is 1. The van der Waals surface area contributed by atoms with E-state index in [9.17, 15) is 4.79 Å². The first-order valence-corrected chi connectivity index (χ1v) is 10.7. The summed E-state index contributed by atoms with van der Waals surface area (Å²) in [4.78, 5) is 17.3. The fourth-order valence-electron chi connectivity index (χ4n) is 4.71. The molecule has 2 aromatic carbocycles. The summed E-state index contributed by atoms with van der Waals surface area (Å²) in [6.07, 6.45) is 1.90. The molecule has 4 nitrogen and oxygen atoms in total. The number of carbonyl (C=O) groups is 1. The highest BCUT2D eigenvalue weighted by molar-refractivity contribution is 5.69. The Kier molecular flexibility index (Phi) is 5.28. The summed E-state index contributed by atoms with van der Waals surface area (Å²) in [6.45, 7) is 10.3. The number of aryl methyl sites for hydroxylation is 1. The van der Waals surface area contributed by atoms with Crippen molar-refractivity contribution in [2.75, 3.05) is 18.0 Å². The molecule has 0 saturated carbocycles. The number of likely N-dealkylation sites (tertiary alicyclic amines) is 1. The van der Waals surface area contributed by atoms with Gasteiger partial charge in [0.2, 0.25) is 0 Å². The Bertz CT molecular complexity index is 872. The molecule has 1 fully saturated rings. The summed E-state index contributed by atoms with van der Waals surface area (Å²) >= 11 is 0. The van der Waals surface area contributed by atoms with Crippen molar-refractivity contribution in [3.05, 3.63) is 65.2 Å². The number of nitrogens with zero attached hydrogens (tertiary/aromatic N) is 2. The molecule has 0 N–H and O–H groups in total. The number of benzene rings is 2. The van der Waals surface area contributed by atoms with Crippen molar-refractivity contribution in [3.63, 3.8) is 0 Å². The summed E-state index contributed by atoms with van der Waals surface area (Å²) in [7, 11) is 0. The third-order valence-corrected chi connectivity index (χ3v) is 5.95. The molecule has 0 bridgehead atoms. The SMILES string of the molecule is Cc1ccc2c(c1)[C@@H]1CN(C(=O)OC(C)(C)C)CCC[C@@H]1N2Cc1ccccc1. The molecule has 154 valence electrons. The average molecular weight is 393 g/mol. The molecule has 2 aliphatic rings. The maximum atomic E-state index is 12.8. The average Bonchev–Trinajstić information content (AvgIpc) is 2.81. The first kappa shape index (κ1) is 19.8. The van der Waals surface area contributed by atoms with Crippen LogP contribution in [0.4, 0.5) is 10.5 Å². The summed E-state index contributed by atoms with van der Waals surface area (Å²) in [5.74, 6) is 0.323. The number of hydrogen-bond donors (Lipinski definition) is 0. The molecule has 2 atom stereocenters. The van der Waals surface area contributed by atoms with Gasteiger partial charge in [-0.1, -0.05) is 48.0 Å². The Hall–Kier alpha value is -2.49. The zero-order valence-corrected chi connectivity index (χ0v) is 18.0. The lowest BCUT2D eigenvalue weighted by atomic mass is 9.92. The van der Waals surface area contributed by atoms with Crippen LogP contribution < -0.4 is 4.90 Å². The molecule has 0 unspecified atom stereocenters. The largest absolute Gasteiger partial charge is 0.444 e. The molecule has 0 radical (unpaired) electrons. The lowest BCUT2D eigenvalue weighted by Crippen LogP contribution is -2.40. The molecule has 2 aliphatic heterocycles. The Morgan fingerprint density at radius 3 is 2.62 bits per heavy atom. The number of fused-ring (bicyclic) bond motifs is 3. The Balaban J connectivity index is 1.63. The summed E-state index contributed by atoms with van der Waals surface area (Å²) in [5, 5.41) is 0. The normalized spacial score (nSPS) is 21.4. The second-order valence-corrected chi connectivity index (χ2v) is 9.42. The predicted octanol–water partition coefficient (Wildman–Crippen LogP) is 5.50. The molecule has 29 heavy (non-hydrogen) atoms. The van der Waals surface area contributed by atoms with Gasteiger partial charge in [-0.2, -0.15) is 0 Å². The zero-order chi connectivity index (χ0) is 20.6. The number of ether oxygens (including phenoxy) is 1. The van der Waals surface area contributed by atoms with Crippen molar-refractivity contribution in [2.45, 2.75) is 64.6 Å². The maximum Gasteiger partial charge on any atom is 0.410 e. The minimum atomic E-state index is -0.466. The Morgan fingerprint density at radius 2 is 1.90 bits per heavy atom. The van der Waals surface area contributed by atoms with Crippen LogP contribution in [0.2, 0.25) is 0 Å². The van der Waals surface area contributed by atoms with Crippen LogP contribution in [-0.2, 0) is 11.3 Å². The first-order valence-electron chi connectivity index (χ1n) is 10.7. The van der Waals surface area contributed by atoms with E-state index in [-0.39, 0.29) is 6.09 Å². The molecule has 0 aromatic heterocycles. The van der Waals surface area contributed by atoms with Crippen LogP contribution in [0.25, 0.3) is 0 Å². The van der Waals surface area contributed by atoms with E-state index < -0.39 is 5.60 Å². The minimum absolute atomic E-state index is 0.186. The van der Waals surface area contributed by atoms with E-state index in [0.29, 0.717) is 12.0 Å². The molecule has 2 aromatic rings. The van der Waals surface area contributed by atoms with Gasteiger partial charge >= 0.3 is 6.09 Å². The van der Waals surface area contributed by atoms with Crippen LogP contribution in [0.3, 0.4) is 0 Å². The van der Waals surface area contributed by atoms with Gasteiger partial charge in [0, 0.05) is 37.3 Å². The third kappa shape index (κ3) is 4.26. The van der Waals surface area contributed by atoms with Crippen LogP contribution >= 0.6 is 0 Å². The highest BCUT2D eigenvalue weighted by Crippen LogP contribution is 2.45. The van der Waals surface area contributed by atoms with E-state index in [2.05, 4.69) is 60.4 Å². The Labute approximate surface area is 174 Å². The fourth-order valence-corrected chi connectivity index (χ4v) is 4.71. The van der Waals surface area contributed by atoms with Crippen molar-refractivity contribution in [1.82, 2.24) is 4.90 Å². The van der Waals surface area contributed by atoms with Gasteiger partial charge in [0.25, 0.3) is 0 Å². The van der Waals surface area contributed by atoms with Crippen LogP contribution in [-0.4, -0.2) is 35.7 Å². The number of hydrogen-bond acceptors (Lipinski definition) is 3. The second-order valence-electron chi connectivity index (χ2n) is 9.42. The van der Waals surface area contributed by atoms with E-state index in [1.54, 1.807) is 0 Å². The maximum absolute atomic E-state index is 12.8. The third-order valence-electron chi connectivity index (χ3n) is 5.95. The highest BCUT2D eigenvalue weighted by atomic mass is 16.6. The van der Waals surface area contributed by atoms with Gasteiger partial charge in [0.05, 0.1) is 0 Å². The van der Waals surface area contributed by atoms with Gasteiger partial charge < -0.3 is 14.5 Å². The molecule has 4 heteroatoms. The van der Waals surface area contributed by atoms with Crippen LogP contribution in [0, 0.1) is 6.92 Å². The van der Waals surface area contributed by atoms with Crippen LogP contribution in [0.1, 0.15) is 56.2 Å². The topological polar surface area (TPSA) is 32.8 Å². The number of anilines is 1. The van der Waals surface area contributed by atoms with E-state index in [0.717, 1.165) is 32.5 Å². The van der Waals surface area contributed by atoms with E-state index in [1.807, 2.05) is 25.7 Å². The molecular formula is C25H32N2O2. The Morgan fingerprint density at radius 1 is 1.14 bits per heavy atom. The van der Waals surface area contributed by atoms with Crippen molar-refractivity contribution in [3.8, 4) is 0 Å². The lowest BCUT2D eigenvalue weighted by Gasteiger charge is -2.30. The number of rotatable bonds is 2. The van der Waals surface area contributed by atoms with Crippen molar-refractivity contribution in [2.24, 2.45) is 0 Å². The quantitative estimate of drug-likeness (QED) is 0.677. The molecule has 0 aliphatic carbocycles. The number of amides is 1. The monoisotopic (exact) mass is 392 g/mol. The molecule has 4 rings (SSSR count). The van der Waals surface area contributed by atoms with Gasteiger partial charge in [-0.15, -0.1) is 0 Å². The predicted molar refractivity (Wildman–Crippen MR) is 117 cm³/mol. The highest BCUT2D eigenvalue weighted by Gasteiger charge is 2.41. The second kappa shape index (κ2) is 7.74. The van der Waals surface area contributed by atoms with E-state index in [1.165, 1.54) is 22.4 Å². The molecule has 0 spiro atoms. The molecule has 1 amide bonds. The standard InChI is InChI=1S/C25H32N2O2/c1-18-12-13-23-20(15-18)21-17-26(24(28)29-25(2,3)4)14-8-11-22(21)27(23)16-19-9-6-5-7-10-19/h5-7,9-10,12-13,15,21-22H,8,11,14,16-17H2,1-4H3/t21-,22-/m0/s1. The molecular weight excluding hydrogens is 360 g/mol. The van der Waals surface area contributed by atoms with E-state index >= 15 is 0 Å². The van der Waals surface area contributed by atoms with Crippen LogP contribution in [0.5, 0.6) is 0 Å². The molecule has 1 saturated heterocycles. The summed E-state index contributed by atoms with van der Waals surface area (Å²) in [5.41, 5.74) is 4.83. The minimum Gasteiger partial charge on any atom is -0.444 e. The van der Waals surface area contributed by atoms with Gasteiger partial charge in [0.15, 0.2) is 0 Å². The summed E-state index contributed by atoms with van der Waals surface area (Å²) < 4.78 is 5.69. The summed E-state index contributed by atoms with van der Waals surface area (Å²) in [6, 6.07) is 17.9. The van der Waals surface area contributed by atoms with Gasteiger partial charge in [0.1, 0.15) is 5.60 Å². The fraction of sp³-hybridized carbons (Fsp3) is 0.480. The van der Waals surface area contributed by atoms with Crippen molar-refractivity contribution >= 4 is 11.8 Å².